The Bertz CT molecular complexity index is 2460. The van der Waals surface area contributed by atoms with E-state index in [1.807, 2.05) is 6.07 Å². The maximum Gasteiger partial charge on any atom is 0.136 e. The summed E-state index contributed by atoms with van der Waals surface area (Å²) in [6.07, 6.45) is 0. The molecule has 0 aliphatic carbocycles. The summed E-state index contributed by atoms with van der Waals surface area (Å²) in [5.41, 5.74) is 11.5. The number of hydrogen-bond acceptors (Lipinski definition) is 1. The second-order valence-electron chi connectivity index (χ2n) is 11.6. The van der Waals surface area contributed by atoms with Gasteiger partial charge in [0.1, 0.15) is 11.2 Å². The molecule has 9 aromatic rings. The van der Waals surface area contributed by atoms with Crippen LogP contribution in [0.25, 0.3) is 88.0 Å². The Morgan fingerprint density at radius 1 is 0.289 bits per heavy atom. The number of furan rings is 1. The highest BCUT2D eigenvalue weighted by molar-refractivity contribution is 6.26. The maximum atomic E-state index is 6.56. The predicted octanol–water partition coefficient (Wildman–Crippen LogP) is 12.6. The maximum absolute atomic E-state index is 6.56. The summed E-state index contributed by atoms with van der Waals surface area (Å²) in [6.45, 7) is 0. The molecule has 0 aliphatic heterocycles. The van der Waals surface area contributed by atoms with Gasteiger partial charge >= 0.3 is 0 Å². The van der Waals surface area contributed by atoms with Crippen molar-refractivity contribution in [1.82, 2.24) is 0 Å². The lowest BCUT2D eigenvalue weighted by Gasteiger charge is -2.20. The summed E-state index contributed by atoms with van der Waals surface area (Å²) in [7, 11) is 0. The molecule has 1 heteroatoms. The van der Waals surface area contributed by atoms with Crippen molar-refractivity contribution < 1.29 is 4.42 Å². The highest BCUT2D eigenvalue weighted by atomic mass is 16.3. The van der Waals surface area contributed by atoms with Crippen molar-refractivity contribution in [1.29, 1.82) is 0 Å². The minimum Gasteiger partial charge on any atom is -0.456 e. The normalized spacial score (nSPS) is 11.6. The summed E-state index contributed by atoms with van der Waals surface area (Å²) in [5, 5.41) is 7.21. The van der Waals surface area contributed by atoms with Crippen molar-refractivity contribution in [2.24, 2.45) is 0 Å². The van der Waals surface area contributed by atoms with Crippen LogP contribution >= 0.6 is 0 Å². The first-order valence-corrected chi connectivity index (χ1v) is 15.4. The molecule has 8 aromatic carbocycles. The zero-order valence-corrected chi connectivity index (χ0v) is 24.6. The van der Waals surface area contributed by atoms with Crippen LogP contribution in [-0.2, 0) is 0 Å². The Morgan fingerprint density at radius 2 is 0.756 bits per heavy atom. The summed E-state index contributed by atoms with van der Waals surface area (Å²) in [4.78, 5) is 0. The number of fused-ring (bicyclic) bond motifs is 5. The molecule has 0 fully saturated rings. The van der Waals surface area contributed by atoms with E-state index in [0.29, 0.717) is 0 Å². The van der Waals surface area contributed by atoms with Crippen LogP contribution in [-0.4, -0.2) is 0 Å². The molecule has 1 aromatic heterocycles. The van der Waals surface area contributed by atoms with Crippen molar-refractivity contribution in [3.63, 3.8) is 0 Å². The number of hydrogen-bond donors (Lipinski definition) is 0. The first kappa shape index (κ1) is 25.6. The van der Waals surface area contributed by atoms with Gasteiger partial charge < -0.3 is 4.42 Å². The predicted molar refractivity (Wildman–Crippen MR) is 190 cm³/mol. The third kappa shape index (κ3) is 4.09. The average molecular weight is 573 g/mol. The van der Waals surface area contributed by atoms with Crippen LogP contribution in [0.2, 0.25) is 0 Å². The fourth-order valence-corrected chi connectivity index (χ4v) is 7.13. The van der Waals surface area contributed by atoms with Crippen LogP contribution in [0.5, 0.6) is 0 Å². The molecule has 0 aliphatic rings. The zero-order valence-electron chi connectivity index (χ0n) is 24.6. The van der Waals surface area contributed by atoms with Crippen molar-refractivity contribution in [2.45, 2.75) is 0 Å². The average Bonchev–Trinajstić information content (AvgIpc) is 3.50. The standard InChI is InChI=1S/C44H28O/c1-3-15-29(16-4-1)31-27-39(44-38-25-13-14-26-40(38)45-41(44)28-31)43-36-23-11-9-21-34(36)42(35-22-10-12-24-37(35)43)33-20-8-7-19-32(33)30-17-5-2-6-18-30/h1-28H. The lowest BCUT2D eigenvalue weighted by Crippen LogP contribution is -1.93. The molecule has 0 atom stereocenters. The summed E-state index contributed by atoms with van der Waals surface area (Å²) in [5.74, 6) is 0. The minimum atomic E-state index is 0.902. The van der Waals surface area contributed by atoms with Gasteiger partial charge in [0.25, 0.3) is 0 Å². The lowest BCUT2D eigenvalue weighted by atomic mass is 9.82. The Balaban J connectivity index is 1.45. The van der Waals surface area contributed by atoms with Gasteiger partial charge in [0.15, 0.2) is 0 Å². The van der Waals surface area contributed by atoms with Gasteiger partial charge in [-0.2, -0.15) is 0 Å². The Hall–Kier alpha value is -5.92. The van der Waals surface area contributed by atoms with Gasteiger partial charge in [-0.1, -0.05) is 152 Å². The Morgan fingerprint density at radius 3 is 1.38 bits per heavy atom. The van der Waals surface area contributed by atoms with E-state index in [-0.39, 0.29) is 0 Å². The lowest BCUT2D eigenvalue weighted by molar-refractivity contribution is 0.669. The van der Waals surface area contributed by atoms with Gasteiger partial charge in [0.2, 0.25) is 0 Å². The van der Waals surface area contributed by atoms with Crippen LogP contribution in [0, 0.1) is 0 Å². The van der Waals surface area contributed by atoms with E-state index in [4.69, 9.17) is 4.42 Å². The van der Waals surface area contributed by atoms with Crippen LogP contribution in [0.3, 0.4) is 0 Å². The van der Waals surface area contributed by atoms with Crippen LogP contribution in [0.1, 0.15) is 0 Å². The molecule has 0 amide bonds. The second kappa shape index (κ2) is 10.4. The van der Waals surface area contributed by atoms with Gasteiger partial charge in [0.05, 0.1) is 0 Å². The smallest absolute Gasteiger partial charge is 0.136 e. The number of rotatable bonds is 4. The summed E-state index contributed by atoms with van der Waals surface area (Å²) >= 11 is 0. The van der Waals surface area contributed by atoms with Crippen LogP contribution in [0.4, 0.5) is 0 Å². The molecule has 1 nitrogen and oxygen atoms in total. The second-order valence-corrected chi connectivity index (χ2v) is 11.6. The quantitative estimate of drug-likeness (QED) is 0.191. The summed E-state index contributed by atoms with van der Waals surface area (Å²) < 4.78 is 6.56. The molecule has 210 valence electrons. The molecule has 0 N–H and O–H groups in total. The van der Waals surface area contributed by atoms with Crippen LogP contribution < -0.4 is 0 Å². The summed E-state index contributed by atoms with van der Waals surface area (Å²) in [6, 6.07) is 60.9. The SMILES string of the molecule is c1ccc(-c2cc(-c3c4ccccc4c(-c4ccccc4-c4ccccc4)c4ccccc34)c3c(c2)oc2ccccc23)cc1. The molecule has 0 unspecified atom stereocenters. The van der Waals surface area contributed by atoms with Crippen LogP contribution in [0.15, 0.2) is 174 Å². The van der Waals surface area contributed by atoms with E-state index in [2.05, 4.69) is 164 Å². The molecular formula is C44H28O. The van der Waals surface area contributed by atoms with Gasteiger partial charge in [-0.15, -0.1) is 0 Å². The zero-order chi connectivity index (χ0) is 29.7. The first-order chi connectivity index (χ1) is 22.3. The highest BCUT2D eigenvalue weighted by Crippen LogP contribution is 2.49. The van der Waals surface area contributed by atoms with E-state index in [1.165, 1.54) is 60.5 Å². The van der Waals surface area contributed by atoms with E-state index in [9.17, 15) is 0 Å². The van der Waals surface area contributed by atoms with Crippen molar-refractivity contribution >= 4 is 43.5 Å². The van der Waals surface area contributed by atoms with Crippen molar-refractivity contribution in [3.05, 3.63) is 170 Å². The Kier molecular flexibility index (Phi) is 5.89. The number of benzene rings is 8. The van der Waals surface area contributed by atoms with E-state index in [1.54, 1.807) is 0 Å². The molecule has 0 saturated heterocycles. The third-order valence-electron chi connectivity index (χ3n) is 9.07. The molecule has 9 rings (SSSR count). The van der Waals surface area contributed by atoms with Gasteiger partial charge in [-0.05, 0) is 84.3 Å². The molecule has 1 heterocycles. The highest BCUT2D eigenvalue weighted by Gasteiger charge is 2.22. The largest absolute Gasteiger partial charge is 0.456 e. The molecule has 45 heavy (non-hydrogen) atoms. The van der Waals surface area contributed by atoms with Gasteiger partial charge in [-0.3, -0.25) is 0 Å². The third-order valence-corrected chi connectivity index (χ3v) is 9.07. The first-order valence-electron chi connectivity index (χ1n) is 15.4. The molecule has 0 spiro atoms. The van der Waals surface area contributed by atoms with E-state index < -0.39 is 0 Å². The topological polar surface area (TPSA) is 13.1 Å². The molecule has 0 saturated carbocycles. The van der Waals surface area contributed by atoms with Gasteiger partial charge in [0, 0.05) is 10.8 Å². The van der Waals surface area contributed by atoms with E-state index in [0.717, 1.165) is 27.5 Å². The van der Waals surface area contributed by atoms with E-state index >= 15 is 0 Å². The van der Waals surface area contributed by atoms with Crippen molar-refractivity contribution in [2.75, 3.05) is 0 Å². The fourth-order valence-electron chi connectivity index (χ4n) is 7.13. The molecular weight excluding hydrogens is 544 g/mol. The van der Waals surface area contributed by atoms with Gasteiger partial charge in [-0.25, -0.2) is 0 Å². The monoisotopic (exact) mass is 572 g/mol. The number of para-hydroxylation sites is 1. The molecule has 0 bridgehead atoms. The fraction of sp³-hybridized carbons (Fsp3) is 0. The van der Waals surface area contributed by atoms with Crippen molar-refractivity contribution in [3.8, 4) is 44.5 Å². The minimum absolute atomic E-state index is 0.902. The Labute approximate surface area is 261 Å². The molecule has 0 radical (unpaired) electrons.